The minimum atomic E-state index is -0.550. The Kier molecular flexibility index (Phi) is 4.24. The van der Waals surface area contributed by atoms with Crippen LogP contribution in [0.25, 0.3) is 0 Å². The molecular formula is C14H19N3O3. The molecule has 0 bridgehead atoms. The Hall–Kier alpha value is -2.08. The van der Waals surface area contributed by atoms with Crippen LogP contribution in [0.5, 0.6) is 0 Å². The largest absolute Gasteiger partial charge is 0.453 e. The maximum absolute atomic E-state index is 12.2. The zero-order valence-corrected chi connectivity index (χ0v) is 11.4. The summed E-state index contributed by atoms with van der Waals surface area (Å²) in [6.07, 6.45) is 2.14. The molecule has 4 N–H and O–H groups in total. The zero-order chi connectivity index (χ0) is 14.6. The maximum atomic E-state index is 12.2. The number of hydrogen-bond acceptors (Lipinski definition) is 4. The summed E-state index contributed by atoms with van der Waals surface area (Å²) in [6.45, 7) is 0.360. The third-order valence-electron chi connectivity index (χ3n) is 3.74. The third kappa shape index (κ3) is 2.91. The van der Waals surface area contributed by atoms with E-state index in [2.05, 4.69) is 15.4 Å². The van der Waals surface area contributed by atoms with Gasteiger partial charge in [-0.15, -0.1) is 0 Å². The first-order valence-electron chi connectivity index (χ1n) is 6.56. The number of ether oxygens (including phenoxy) is 1. The molecule has 0 aliphatic heterocycles. The van der Waals surface area contributed by atoms with Crippen LogP contribution in [0.2, 0.25) is 0 Å². The summed E-state index contributed by atoms with van der Waals surface area (Å²) >= 11 is 0. The highest BCUT2D eigenvalue weighted by Crippen LogP contribution is 2.40. The minimum absolute atomic E-state index is 0.0542. The van der Waals surface area contributed by atoms with Gasteiger partial charge < -0.3 is 15.8 Å². The first kappa shape index (κ1) is 14.3. The van der Waals surface area contributed by atoms with Crippen molar-refractivity contribution in [3.63, 3.8) is 0 Å². The van der Waals surface area contributed by atoms with Gasteiger partial charge in [0.2, 0.25) is 5.91 Å². The van der Waals surface area contributed by atoms with E-state index in [4.69, 9.17) is 5.73 Å². The van der Waals surface area contributed by atoms with E-state index in [9.17, 15) is 9.59 Å². The van der Waals surface area contributed by atoms with Crippen molar-refractivity contribution < 1.29 is 14.3 Å². The number of anilines is 2. The first-order chi connectivity index (χ1) is 9.59. The van der Waals surface area contributed by atoms with Gasteiger partial charge in [0.05, 0.1) is 12.5 Å². The van der Waals surface area contributed by atoms with Gasteiger partial charge in [-0.1, -0.05) is 12.5 Å². The standard InChI is InChI=1S/C14H19N3O3/c1-20-13(19)17-11-5-2-4-10(8-11)16-12(18)14(9-15)6-3-7-14/h2,4-5,8H,3,6-7,9,15H2,1H3,(H,16,18)(H,17,19). The normalized spacial score (nSPS) is 15.9. The van der Waals surface area contributed by atoms with Gasteiger partial charge in [0, 0.05) is 17.9 Å². The Bertz CT molecular complexity index is 507. The number of amides is 2. The predicted octanol–water partition coefficient (Wildman–Crippen LogP) is 1.93. The van der Waals surface area contributed by atoms with Crippen molar-refractivity contribution in [2.24, 2.45) is 11.1 Å². The van der Waals surface area contributed by atoms with Crippen LogP contribution in [0.1, 0.15) is 19.3 Å². The van der Waals surface area contributed by atoms with E-state index < -0.39 is 11.5 Å². The second-order valence-electron chi connectivity index (χ2n) is 4.99. The van der Waals surface area contributed by atoms with E-state index >= 15 is 0 Å². The van der Waals surface area contributed by atoms with Crippen LogP contribution in [0, 0.1) is 5.41 Å². The summed E-state index contributed by atoms with van der Waals surface area (Å²) in [4.78, 5) is 23.4. The van der Waals surface area contributed by atoms with Crippen molar-refractivity contribution in [2.75, 3.05) is 24.3 Å². The predicted molar refractivity (Wildman–Crippen MR) is 76.4 cm³/mol. The molecule has 1 aromatic rings. The number of hydrogen-bond donors (Lipinski definition) is 3. The molecule has 1 saturated carbocycles. The van der Waals surface area contributed by atoms with Crippen molar-refractivity contribution in [3.8, 4) is 0 Å². The van der Waals surface area contributed by atoms with Crippen molar-refractivity contribution in [3.05, 3.63) is 24.3 Å². The van der Waals surface area contributed by atoms with Crippen LogP contribution in [0.3, 0.4) is 0 Å². The Morgan fingerprint density at radius 1 is 1.30 bits per heavy atom. The lowest BCUT2D eigenvalue weighted by Crippen LogP contribution is -2.47. The fraction of sp³-hybridized carbons (Fsp3) is 0.429. The molecule has 1 aliphatic rings. The molecule has 0 aromatic heterocycles. The highest BCUT2D eigenvalue weighted by Gasteiger charge is 2.42. The number of nitrogens with two attached hydrogens (primary N) is 1. The quantitative estimate of drug-likeness (QED) is 0.784. The smallest absolute Gasteiger partial charge is 0.411 e. The van der Waals surface area contributed by atoms with Crippen LogP contribution < -0.4 is 16.4 Å². The Balaban J connectivity index is 2.04. The molecular weight excluding hydrogens is 258 g/mol. The van der Waals surface area contributed by atoms with Crippen molar-refractivity contribution in [2.45, 2.75) is 19.3 Å². The Morgan fingerprint density at radius 2 is 1.95 bits per heavy atom. The number of benzene rings is 1. The molecule has 0 heterocycles. The fourth-order valence-corrected chi connectivity index (χ4v) is 2.23. The molecule has 1 fully saturated rings. The van der Waals surface area contributed by atoms with Gasteiger partial charge >= 0.3 is 6.09 Å². The SMILES string of the molecule is COC(=O)Nc1cccc(NC(=O)C2(CN)CCC2)c1. The van der Waals surface area contributed by atoms with Crippen molar-refractivity contribution >= 4 is 23.4 Å². The Morgan fingerprint density at radius 3 is 2.45 bits per heavy atom. The van der Waals surface area contributed by atoms with E-state index in [1.165, 1.54) is 7.11 Å². The molecule has 2 rings (SSSR count). The summed E-state index contributed by atoms with van der Waals surface area (Å²) in [5, 5.41) is 5.40. The second-order valence-corrected chi connectivity index (χ2v) is 4.99. The second kappa shape index (κ2) is 5.92. The molecule has 0 spiro atoms. The van der Waals surface area contributed by atoms with E-state index in [1.807, 2.05) is 0 Å². The molecule has 2 amide bonds. The molecule has 1 aliphatic carbocycles. The molecule has 0 saturated heterocycles. The fourth-order valence-electron chi connectivity index (χ4n) is 2.23. The van der Waals surface area contributed by atoms with Crippen LogP contribution in [0.15, 0.2) is 24.3 Å². The number of methoxy groups -OCH3 is 1. The van der Waals surface area contributed by atoms with Gasteiger partial charge in [-0.2, -0.15) is 0 Å². The summed E-state index contributed by atoms with van der Waals surface area (Å²) in [5.74, 6) is -0.0542. The van der Waals surface area contributed by atoms with Gasteiger partial charge in [-0.05, 0) is 31.0 Å². The molecule has 108 valence electrons. The van der Waals surface area contributed by atoms with Gasteiger partial charge in [0.15, 0.2) is 0 Å². The van der Waals surface area contributed by atoms with E-state index in [0.717, 1.165) is 19.3 Å². The lowest BCUT2D eigenvalue weighted by molar-refractivity contribution is -0.129. The van der Waals surface area contributed by atoms with E-state index in [-0.39, 0.29) is 5.91 Å². The van der Waals surface area contributed by atoms with E-state index in [1.54, 1.807) is 24.3 Å². The molecule has 6 nitrogen and oxygen atoms in total. The van der Waals surface area contributed by atoms with Crippen LogP contribution in [-0.2, 0) is 9.53 Å². The lowest BCUT2D eigenvalue weighted by atomic mass is 9.68. The summed E-state index contributed by atoms with van der Waals surface area (Å²) in [6, 6.07) is 6.91. The summed E-state index contributed by atoms with van der Waals surface area (Å²) < 4.78 is 4.52. The highest BCUT2D eigenvalue weighted by molar-refractivity contribution is 5.97. The van der Waals surface area contributed by atoms with E-state index in [0.29, 0.717) is 17.9 Å². The van der Waals surface area contributed by atoms with Crippen LogP contribution in [0.4, 0.5) is 16.2 Å². The summed E-state index contributed by atoms with van der Waals surface area (Å²) in [5.41, 5.74) is 6.47. The maximum Gasteiger partial charge on any atom is 0.411 e. The Labute approximate surface area is 117 Å². The van der Waals surface area contributed by atoms with Gasteiger partial charge in [0.25, 0.3) is 0 Å². The minimum Gasteiger partial charge on any atom is -0.453 e. The van der Waals surface area contributed by atoms with Gasteiger partial charge in [-0.3, -0.25) is 10.1 Å². The molecule has 1 aromatic carbocycles. The van der Waals surface area contributed by atoms with Crippen molar-refractivity contribution in [1.82, 2.24) is 0 Å². The molecule has 20 heavy (non-hydrogen) atoms. The number of carbonyl (C=O) groups excluding carboxylic acids is 2. The summed E-state index contributed by atoms with van der Waals surface area (Å²) in [7, 11) is 1.29. The first-order valence-corrected chi connectivity index (χ1v) is 6.56. The molecule has 0 unspecified atom stereocenters. The van der Waals surface area contributed by atoms with Gasteiger partial charge in [0.1, 0.15) is 0 Å². The third-order valence-corrected chi connectivity index (χ3v) is 3.74. The average molecular weight is 277 g/mol. The molecule has 0 atom stereocenters. The van der Waals surface area contributed by atoms with Gasteiger partial charge in [-0.25, -0.2) is 4.79 Å². The number of nitrogens with one attached hydrogen (secondary N) is 2. The van der Waals surface area contributed by atoms with Crippen LogP contribution >= 0.6 is 0 Å². The molecule has 6 heteroatoms. The molecule has 0 radical (unpaired) electrons. The zero-order valence-electron chi connectivity index (χ0n) is 11.4. The highest BCUT2D eigenvalue weighted by atomic mass is 16.5. The monoisotopic (exact) mass is 277 g/mol. The topological polar surface area (TPSA) is 93.5 Å². The number of carbonyl (C=O) groups is 2. The average Bonchev–Trinajstić information content (AvgIpc) is 2.38. The lowest BCUT2D eigenvalue weighted by Gasteiger charge is -2.39. The van der Waals surface area contributed by atoms with Crippen molar-refractivity contribution in [1.29, 1.82) is 0 Å². The number of rotatable bonds is 4. The van der Waals surface area contributed by atoms with Crippen LogP contribution in [-0.4, -0.2) is 25.7 Å².